The molecule has 1 atom stereocenters. The maximum absolute atomic E-state index is 13.5. The number of halogens is 1. The average molecular weight is 365 g/mol. The van der Waals surface area contributed by atoms with Crippen LogP contribution in [0.4, 0.5) is 4.39 Å². The predicted molar refractivity (Wildman–Crippen MR) is 97.3 cm³/mol. The van der Waals surface area contributed by atoms with E-state index in [-0.39, 0.29) is 37.1 Å². The normalized spacial score (nSPS) is 17.7. The van der Waals surface area contributed by atoms with Crippen LogP contribution in [0.5, 0.6) is 0 Å². The van der Waals surface area contributed by atoms with Crippen molar-refractivity contribution < 1.29 is 19.1 Å². The van der Waals surface area contributed by atoms with Gasteiger partial charge in [0.05, 0.1) is 12.2 Å². The number of hydrogen-bond donors (Lipinski definition) is 3. The smallest absolute Gasteiger partial charge is 0.254 e. The Labute approximate surface area is 153 Å². The summed E-state index contributed by atoms with van der Waals surface area (Å²) in [5, 5.41) is 14.8. The molecule has 1 aliphatic rings. The second-order valence-corrected chi connectivity index (χ2v) is 6.56. The maximum Gasteiger partial charge on any atom is 0.254 e. The molecule has 1 aromatic rings. The van der Waals surface area contributed by atoms with Gasteiger partial charge in [0, 0.05) is 32.1 Å². The number of rotatable bonds is 9. The monoisotopic (exact) mass is 365 g/mol. The highest BCUT2D eigenvalue weighted by Gasteiger charge is 2.20. The fourth-order valence-corrected chi connectivity index (χ4v) is 3.19. The van der Waals surface area contributed by atoms with Crippen molar-refractivity contribution in [2.75, 3.05) is 32.8 Å². The van der Waals surface area contributed by atoms with Crippen LogP contribution in [-0.4, -0.2) is 60.6 Å². The van der Waals surface area contributed by atoms with Gasteiger partial charge < -0.3 is 15.7 Å². The van der Waals surface area contributed by atoms with Crippen LogP contribution >= 0.6 is 0 Å². The first-order valence-corrected chi connectivity index (χ1v) is 9.26. The summed E-state index contributed by atoms with van der Waals surface area (Å²) in [4.78, 5) is 25.9. The predicted octanol–water partition coefficient (Wildman–Crippen LogP) is 1.30. The maximum atomic E-state index is 13.5. The van der Waals surface area contributed by atoms with Gasteiger partial charge in [-0.15, -0.1) is 0 Å². The van der Waals surface area contributed by atoms with E-state index in [1.807, 2.05) is 0 Å². The molecule has 1 heterocycles. The summed E-state index contributed by atoms with van der Waals surface area (Å²) in [5.41, 5.74) is -0.0205. The summed E-state index contributed by atoms with van der Waals surface area (Å²) < 4.78 is 13.5. The first-order valence-electron chi connectivity index (χ1n) is 9.26. The standard InChI is InChI=1S/C19H28FN3O3/c20-17-8-2-1-7-16(17)19(26)22-11-9-18(25)21-10-5-13-23-12-4-3-6-15(23)14-24/h1-2,7-8,15,24H,3-6,9-14H2,(H,21,25)(H,22,26)/t15-/m0/s1. The van der Waals surface area contributed by atoms with Crippen LogP contribution in [0.3, 0.4) is 0 Å². The van der Waals surface area contributed by atoms with Crippen molar-refractivity contribution in [1.29, 1.82) is 0 Å². The van der Waals surface area contributed by atoms with Crippen molar-refractivity contribution in [2.24, 2.45) is 0 Å². The van der Waals surface area contributed by atoms with Gasteiger partial charge in [-0.1, -0.05) is 18.6 Å². The molecule has 144 valence electrons. The van der Waals surface area contributed by atoms with Crippen LogP contribution in [-0.2, 0) is 4.79 Å². The molecule has 26 heavy (non-hydrogen) atoms. The molecule has 1 aromatic carbocycles. The molecule has 3 N–H and O–H groups in total. The molecule has 7 heteroatoms. The van der Waals surface area contributed by atoms with Gasteiger partial charge in [0.15, 0.2) is 0 Å². The second-order valence-electron chi connectivity index (χ2n) is 6.56. The van der Waals surface area contributed by atoms with E-state index in [9.17, 15) is 19.1 Å². The number of piperidine rings is 1. The summed E-state index contributed by atoms with van der Waals surface area (Å²) in [6.07, 6.45) is 4.33. The first kappa shape index (κ1) is 20.3. The molecule has 0 aromatic heterocycles. The number of aliphatic hydroxyl groups is 1. The number of nitrogens with one attached hydrogen (secondary N) is 2. The summed E-state index contributed by atoms with van der Waals surface area (Å²) >= 11 is 0. The second kappa shape index (κ2) is 10.9. The Hall–Kier alpha value is -1.99. The van der Waals surface area contributed by atoms with Crippen molar-refractivity contribution >= 4 is 11.8 Å². The lowest BCUT2D eigenvalue weighted by Crippen LogP contribution is -2.43. The minimum atomic E-state index is -0.576. The molecule has 2 amide bonds. The van der Waals surface area contributed by atoms with E-state index in [4.69, 9.17) is 0 Å². The van der Waals surface area contributed by atoms with Gasteiger partial charge in [-0.05, 0) is 37.9 Å². The average Bonchev–Trinajstić information content (AvgIpc) is 2.65. The minimum Gasteiger partial charge on any atom is -0.395 e. The highest BCUT2D eigenvalue weighted by atomic mass is 19.1. The largest absolute Gasteiger partial charge is 0.395 e. The molecule has 0 aliphatic carbocycles. The van der Waals surface area contributed by atoms with E-state index in [0.717, 1.165) is 38.8 Å². The third kappa shape index (κ3) is 6.38. The zero-order chi connectivity index (χ0) is 18.8. The van der Waals surface area contributed by atoms with Gasteiger partial charge in [0.25, 0.3) is 5.91 Å². The van der Waals surface area contributed by atoms with Gasteiger partial charge >= 0.3 is 0 Å². The molecular formula is C19H28FN3O3. The number of carbonyl (C=O) groups is 2. The SMILES string of the molecule is O=C(CCNC(=O)c1ccccc1F)NCCCN1CCCC[C@H]1CO. The Kier molecular flexibility index (Phi) is 8.50. The molecule has 0 saturated carbocycles. The lowest BCUT2D eigenvalue weighted by molar-refractivity contribution is -0.120. The van der Waals surface area contributed by atoms with Gasteiger partial charge in [-0.25, -0.2) is 4.39 Å². The van der Waals surface area contributed by atoms with E-state index in [1.165, 1.54) is 18.2 Å². The van der Waals surface area contributed by atoms with Gasteiger partial charge in [-0.2, -0.15) is 0 Å². The number of amides is 2. The van der Waals surface area contributed by atoms with Crippen molar-refractivity contribution in [3.63, 3.8) is 0 Å². The first-order chi connectivity index (χ1) is 12.6. The lowest BCUT2D eigenvalue weighted by Gasteiger charge is -2.34. The zero-order valence-corrected chi connectivity index (χ0v) is 15.0. The third-order valence-corrected chi connectivity index (χ3v) is 4.66. The Bertz CT molecular complexity index is 597. The Morgan fingerprint density at radius 3 is 2.77 bits per heavy atom. The molecule has 6 nitrogen and oxygen atoms in total. The Balaban J connectivity index is 1.58. The molecule has 1 aliphatic heterocycles. The highest BCUT2D eigenvalue weighted by molar-refractivity contribution is 5.94. The van der Waals surface area contributed by atoms with Crippen molar-refractivity contribution in [2.45, 2.75) is 38.1 Å². The van der Waals surface area contributed by atoms with Gasteiger partial charge in [-0.3, -0.25) is 14.5 Å². The van der Waals surface area contributed by atoms with E-state index in [0.29, 0.717) is 6.54 Å². The van der Waals surface area contributed by atoms with E-state index in [2.05, 4.69) is 15.5 Å². The summed E-state index contributed by atoms with van der Waals surface area (Å²) in [7, 11) is 0. The highest BCUT2D eigenvalue weighted by Crippen LogP contribution is 2.16. The van der Waals surface area contributed by atoms with Crippen LogP contribution < -0.4 is 10.6 Å². The molecular weight excluding hydrogens is 337 g/mol. The Morgan fingerprint density at radius 1 is 1.19 bits per heavy atom. The third-order valence-electron chi connectivity index (χ3n) is 4.66. The quantitative estimate of drug-likeness (QED) is 0.576. The molecule has 0 spiro atoms. The zero-order valence-electron chi connectivity index (χ0n) is 15.0. The van der Waals surface area contributed by atoms with E-state index >= 15 is 0 Å². The van der Waals surface area contributed by atoms with Crippen molar-refractivity contribution in [1.82, 2.24) is 15.5 Å². The van der Waals surface area contributed by atoms with Gasteiger partial charge in [0.2, 0.25) is 5.91 Å². The van der Waals surface area contributed by atoms with Crippen LogP contribution in [0.1, 0.15) is 42.5 Å². The topological polar surface area (TPSA) is 81.7 Å². The fraction of sp³-hybridized carbons (Fsp3) is 0.579. The van der Waals surface area contributed by atoms with Crippen molar-refractivity contribution in [3.8, 4) is 0 Å². The number of benzene rings is 1. The number of carbonyl (C=O) groups excluding carboxylic acids is 2. The molecule has 1 fully saturated rings. The number of nitrogens with zero attached hydrogens (tertiary/aromatic N) is 1. The van der Waals surface area contributed by atoms with Gasteiger partial charge in [0.1, 0.15) is 5.82 Å². The molecule has 0 radical (unpaired) electrons. The fourth-order valence-electron chi connectivity index (χ4n) is 3.19. The summed E-state index contributed by atoms with van der Waals surface area (Å²) in [5.74, 6) is -1.24. The van der Waals surface area contributed by atoms with Crippen LogP contribution in [0.2, 0.25) is 0 Å². The number of hydrogen-bond acceptors (Lipinski definition) is 4. The van der Waals surface area contributed by atoms with Crippen LogP contribution in [0.25, 0.3) is 0 Å². The molecule has 0 unspecified atom stereocenters. The summed E-state index contributed by atoms with van der Waals surface area (Å²) in [6.45, 7) is 2.78. The molecule has 0 bridgehead atoms. The number of aliphatic hydroxyl groups excluding tert-OH is 1. The van der Waals surface area contributed by atoms with E-state index in [1.54, 1.807) is 6.07 Å². The summed E-state index contributed by atoms with van der Waals surface area (Å²) in [6, 6.07) is 5.99. The van der Waals surface area contributed by atoms with Crippen molar-refractivity contribution in [3.05, 3.63) is 35.6 Å². The minimum absolute atomic E-state index is 0.0205. The lowest BCUT2D eigenvalue weighted by atomic mass is 10.0. The van der Waals surface area contributed by atoms with Crippen LogP contribution in [0, 0.1) is 5.82 Å². The number of likely N-dealkylation sites (tertiary alicyclic amines) is 1. The van der Waals surface area contributed by atoms with E-state index < -0.39 is 11.7 Å². The molecule has 1 saturated heterocycles. The Morgan fingerprint density at radius 2 is 2.00 bits per heavy atom. The molecule has 2 rings (SSSR count). The van der Waals surface area contributed by atoms with Crippen LogP contribution in [0.15, 0.2) is 24.3 Å².